The third-order valence-corrected chi connectivity index (χ3v) is 7.96. The minimum Gasteiger partial charge on any atom is -0.339 e. The van der Waals surface area contributed by atoms with Crippen LogP contribution in [0.25, 0.3) is 5.57 Å². The van der Waals surface area contributed by atoms with Gasteiger partial charge in [0.1, 0.15) is 5.69 Å². The van der Waals surface area contributed by atoms with E-state index in [2.05, 4.69) is 32.6 Å². The number of carbonyl (C=O) groups excluding carboxylic acids is 1. The first-order valence-electron chi connectivity index (χ1n) is 11.6. The minimum atomic E-state index is -3.48. The fourth-order valence-corrected chi connectivity index (χ4v) is 6.32. The van der Waals surface area contributed by atoms with E-state index in [1.54, 1.807) is 16.4 Å². The van der Waals surface area contributed by atoms with Crippen LogP contribution in [0.1, 0.15) is 67.0 Å². The van der Waals surface area contributed by atoms with Crippen LogP contribution in [-0.2, 0) is 15.8 Å². The highest BCUT2D eigenvalue weighted by Gasteiger charge is 2.30. The van der Waals surface area contributed by atoms with Gasteiger partial charge in [0.2, 0.25) is 10.0 Å². The van der Waals surface area contributed by atoms with Crippen molar-refractivity contribution in [1.82, 2.24) is 19.6 Å². The Bertz CT molecular complexity index is 1230. The molecule has 0 spiro atoms. The lowest BCUT2D eigenvalue weighted by Gasteiger charge is -2.35. The first-order valence-corrected chi connectivity index (χ1v) is 13.3. The third kappa shape index (κ3) is 5.58. The van der Waals surface area contributed by atoms with Gasteiger partial charge in [-0.25, -0.2) is 13.4 Å². The van der Waals surface area contributed by atoms with Crippen molar-refractivity contribution >= 4 is 27.2 Å². The number of allylic oxidation sites excluding steroid dienone is 2. The molecule has 0 bridgehead atoms. The van der Waals surface area contributed by atoms with E-state index in [0.29, 0.717) is 30.0 Å². The molecule has 0 unspecified atom stereocenters. The number of imidazole rings is 1. The number of H-pyrrole nitrogens is 1. The molecular weight excluding hydrogens is 450 g/mol. The highest BCUT2D eigenvalue weighted by Crippen LogP contribution is 2.33. The summed E-state index contributed by atoms with van der Waals surface area (Å²) in [5, 5.41) is 6.29. The van der Waals surface area contributed by atoms with Crippen molar-refractivity contribution < 1.29 is 13.2 Å². The van der Waals surface area contributed by atoms with Crippen molar-refractivity contribution in [3.63, 3.8) is 0 Å². The van der Waals surface area contributed by atoms with Crippen LogP contribution in [0.5, 0.6) is 0 Å². The van der Waals surface area contributed by atoms with E-state index in [1.165, 1.54) is 6.20 Å². The topological polar surface area (TPSA) is 107 Å². The molecule has 1 aromatic carbocycles. The molecule has 1 aromatic heterocycles. The summed E-state index contributed by atoms with van der Waals surface area (Å²) >= 11 is 0. The molecule has 1 aliphatic heterocycles. The fourth-order valence-electron chi connectivity index (χ4n) is 4.64. The number of hydrogen-bond donors (Lipinski definition) is 3. The van der Waals surface area contributed by atoms with Crippen LogP contribution in [0.2, 0.25) is 0 Å². The smallest absolute Gasteiger partial charge is 0.291 e. The summed E-state index contributed by atoms with van der Waals surface area (Å²) in [6.07, 6.45) is 13.1. The molecule has 34 heavy (non-hydrogen) atoms. The number of rotatable bonds is 6. The normalized spacial score (nSPS) is 21.5. The zero-order chi connectivity index (χ0) is 24.3. The number of anilines is 1. The molecule has 0 radical (unpaired) electrons. The zero-order valence-corrected chi connectivity index (χ0v) is 20.4. The predicted octanol–water partition coefficient (Wildman–Crippen LogP) is 3.11. The van der Waals surface area contributed by atoms with Crippen molar-refractivity contribution in [3.8, 4) is 12.3 Å². The van der Waals surface area contributed by atoms with Gasteiger partial charge in [0, 0.05) is 42.6 Å². The maximum atomic E-state index is 13.2. The summed E-state index contributed by atoms with van der Waals surface area (Å²) < 4.78 is 28.0. The molecule has 1 fully saturated rings. The summed E-state index contributed by atoms with van der Waals surface area (Å²) in [6.45, 7) is 4.91. The van der Waals surface area contributed by atoms with Crippen molar-refractivity contribution in [3.05, 3.63) is 53.1 Å². The van der Waals surface area contributed by atoms with E-state index < -0.39 is 15.9 Å². The lowest BCUT2D eigenvalue weighted by atomic mass is 9.91. The van der Waals surface area contributed by atoms with E-state index >= 15 is 0 Å². The number of aromatic nitrogens is 2. The SMILES string of the molecule is C#Cc1c[nH]c(C(=O)Nc2ccc(CS(=O)(=O)N3C[C@@H](C)N[C@@H](C)C3)cc2C2=CCCCC2)n1. The number of nitrogens with zero attached hydrogens (tertiary/aromatic N) is 2. The molecule has 0 saturated carbocycles. The standard InChI is InChI=1S/C25H31N5O3S/c1-4-21-13-26-24(28-21)25(31)29-23-11-10-19(12-22(23)20-8-6-5-7-9-20)16-34(32,33)30-14-17(2)27-18(3)15-30/h1,8,10-13,17-18,27H,5-7,9,14-16H2,2-3H3,(H,26,28)(H,29,31)/t17-,18+. The van der Waals surface area contributed by atoms with Gasteiger partial charge in [-0.3, -0.25) is 4.79 Å². The van der Waals surface area contributed by atoms with Gasteiger partial charge in [0.15, 0.2) is 5.82 Å². The van der Waals surface area contributed by atoms with Crippen LogP contribution in [0.3, 0.4) is 0 Å². The molecule has 1 saturated heterocycles. The van der Waals surface area contributed by atoms with Crippen LogP contribution < -0.4 is 10.6 Å². The molecule has 1 aliphatic carbocycles. The Balaban J connectivity index is 1.61. The van der Waals surface area contributed by atoms with Crippen molar-refractivity contribution in [1.29, 1.82) is 0 Å². The molecule has 8 nitrogen and oxygen atoms in total. The lowest BCUT2D eigenvalue weighted by Crippen LogP contribution is -2.55. The Hall–Kier alpha value is -2.93. The molecule has 9 heteroatoms. The van der Waals surface area contributed by atoms with Gasteiger partial charge >= 0.3 is 0 Å². The largest absolute Gasteiger partial charge is 0.339 e. The van der Waals surface area contributed by atoms with Gasteiger partial charge in [-0.1, -0.05) is 12.1 Å². The lowest BCUT2D eigenvalue weighted by molar-refractivity contribution is 0.101. The second-order valence-corrected chi connectivity index (χ2v) is 11.1. The summed E-state index contributed by atoms with van der Waals surface area (Å²) in [5.74, 6) is 2.05. The van der Waals surface area contributed by atoms with Crippen LogP contribution in [0, 0.1) is 12.3 Å². The molecule has 3 N–H and O–H groups in total. The second kappa shape index (κ2) is 10.1. The van der Waals surface area contributed by atoms with Gasteiger partial charge in [-0.05, 0) is 68.7 Å². The summed E-state index contributed by atoms with van der Waals surface area (Å²) in [7, 11) is -3.48. The monoisotopic (exact) mass is 481 g/mol. The maximum Gasteiger partial charge on any atom is 0.291 e. The quantitative estimate of drug-likeness (QED) is 0.550. The van der Waals surface area contributed by atoms with Crippen molar-refractivity contribution in [2.45, 2.75) is 57.4 Å². The highest BCUT2D eigenvalue weighted by atomic mass is 32.2. The number of amides is 1. The Morgan fingerprint density at radius 1 is 1.26 bits per heavy atom. The Morgan fingerprint density at radius 3 is 2.68 bits per heavy atom. The Morgan fingerprint density at radius 2 is 2.03 bits per heavy atom. The average Bonchev–Trinajstić information content (AvgIpc) is 3.29. The van der Waals surface area contributed by atoms with Gasteiger partial charge in [0.05, 0.1) is 5.75 Å². The number of piperazine rings is 1. The van der Waals surface area contributed by atoms with E-state index in [9.17, 15) is 13.2 Å². The molecular formula is C25H31N5O3S. The number of benzene rings is 1. The summed E-state index contributed by atoms with van der Waals surface area (Å²) in [6, 6.07) is 5.66. The van der Waals surface area contributed by atoms with E-state index in [-0.39, 0.29) is 23.7 Å². The Kier molecular flexibility index (Phi) is 7.22. The zero-order valence-electron chi connectivity index (χ0n) is 19.6. The van der Waals surface area contributed by atoms with E-state index in [0.717, 1.165) is 36.8 Å². The van der Waals surface area contributed by atoms with Crippen molar-refractivity contribution in [2.24, 2.45) is 0 Å². The third-order valence-electron chi connectivity index (χ3n) is 6.18. The molecule has 1 amide bonds. The minimum absolute atomic E-state index is 0.0787. The van der Waals surface area contributed by atoms with Crippen LogP contribution in [0.15, 0.2) is 30.5 Å². The number of hydrogen-bond acceptors (Lipinski definition) is 5. The molecule has 180 valence electrons. The highest BCUT2D eigenvalue weighted by molar-refractivity contribution is 7.88. The molecule has 2 atom stereocenters. The number of aromatic amines is 1. The van der Waals surface area contributed by atoms with Crippen LogP contribution >= 0.6 is 0 Å². The number of carbonyl (C=O) groups is 1. The molecule has 4 rings (SSSR count). The van der Waals surface area contributed by atoms with E-state index in [1.807, 2.05) is 19.9 Å². The van der Waals surface area contributed by atoms with Gasteiger partial charge in [-0.2, -0.15) is 4.31 Å². The molecule has 2 aliphatic rings. The second-order valence-electron chi connectivity index (χ2n) is 9.13. The van der Waals surface area contributed by atoms with E-state index in [4.69, 9.17) is 6.42 Å². The molecule has 2 heterocycles. The molecule has 2 aromatic rings. The number of sulfonamides is 1. The number of nitrogens with one attached hydrogen (secondary N) is 3. The van der Waals surface area contributed by atoms with Gasteiger partial charge < -0.3 is 15.6 Å². The summed E-state index contributed by atoms with van der Waals surface area (Å²) in [4.78, 5) is 19.6. The maximum absolute atomic E-state index is 13.2. The van der Waals surface area contributed by atoms with Crippen molar-refractivity contribution in [2.75, 3.05) is 18.4 Å². The van der Waals surface area contributed by atoms with Gasteiger partial charge in [-0.15, -0.1) is 6.42 Å². The fraction of sp³-hybridized carbons (Fsp3) is 0.440. The summed E-state index contributed by atoms with van der Waals surface area (Å²) in [5.41, 5.74) is 3.66. The van der Waals surface area contributed by atoms with Crippen LogP contribution in [-0.4, -0.2) is 53.8 Å². The van der Waals surface area contributed by atoms with Gasteiger partial charge in [0.25, 0.3) is 5.91 Å². The first-order chi connectivity index (χ1) is 16.2. The predicted molar refractivity (Wildman–Crippen MR) is 134 cm³/mol. The Labute approximate surface area is 201 Å². The van der Waals surface area contributed by atoms with Crippen LogP contribution in [0.4, 0.5) is 5.69 Å². The number of terminal acetylenes is 1. The first kappa shape index (κ1) is 24.2. The average molecular weight is 482 g/mol.